The molecule has 13 heteroatoms. The van der Waals surface area contributed by atoms with Gasteiger partial charge in [0.15, 0.2) is 17.5 Å². The highest BCUT2D eigenvalue weighted by molar-refractivity contribution is 6.02. The van der Waals surface area contributed by atoms with Crippen molar-refractivity contribution in [3.8, 4) is 28.9 Å². The summed E-state index contributed by atoms with van der Waals surface area (Å²) in [6.07, 6.45) is 3.06. The number of alkyl halides is 1. The van der Waals surface area contributed by atoms with Crippen LogP contribution >= 0.6 is 0 Å². The van der Waals surface area contributed by atoms with E-state index in [4.69, 9.17) is 14.5 Å². The van der Waals surface area contributed by atoms with Crippen molar-refractivity contribution in [3.05, 3.63) is 41.7 Å². The van der Waals surface area contributed by atoms with Gasteiger partial charge in [-0.05, 0) is 55.8 Å². The maximum atomic E-state index is 16.8. The lowest BCUT2D eigenvalue weighted by Crippen LogP contribution is -2.60. The van der Waals surface area contributed by atoms with Crippen molar-refractivity contribution in [2.45, 2.75) is 61.9 Å². The first-order valence-corrected chi connectivity index (χ1v) is 15.5. The first-order chi connectivity index (χ1) is 21.8. The fraction of sp³-hybridized carbons (Fsp3) is 0.469. The second kappa shape index (κ2) is 9.76. The SMILES string of the molecule is Oc1cc(-c2nc3c4c(nc(OC[C@@]56CCCN5C[C@@H](F)C6)nc4c2F)N2C[C@H]4CC[C@H](N4)[C@H]2CO3)c2c(F)c(F)ccc2c1. The van der Waals surface area contributed by atoms with E-state index < -0.39 is 29.2 Å². The predicted octanol–water partition coefficient (Wildman–Crippen LogP) is 4.62. The zero-order valence-corrected chi connectivity index (χ0v) is 24.2. The number of rotatable bonds is 4. The maximum Gasteiger partial charge on any atom is 0.319 e. The van der Waals surface area contributed by atoms with Crippen LogP contribution in [-0.4, -0.2) is 87.6 Å². The van der Waals surface area contributed by atoms with E-state index in [0.29, 0.717) is 25.3 Å². The van der Waals surface area contributed by atoms with Gasteiger partial charge in [-0.2, -0.15) is 9.97 Å². The molecule has 5 aliphatic heterocycles. The first-order valence-electron chi connectivity index (χ1n) is 15.5. The summed E-state index contributed by atoms with van der Waals surface area (Å²) in [5.74, 6) is -3.01. The zero-order valence-electron chi connectivity index (χ0n) is 24.2. The van der Waals surface area contributed by atoms with E-state index >= 15 is 8.78 Å². The number of hydrogen-bond donors (Lipinski definition) is 2. The lowest BCUT2D eigenvalue weighted by molar-refractivity contribution is 0.107. The number of ether oxygens (including phenoxy) is 2. The average molecular weight is 623 g/mol. The number of pyridine rings is 1. The summed E-state index contributed by atoms with van der Waals surface area (Å²) in [6.45, 7) is 2.14. The molecule has 4 fully saturated rings. The Bertz CT molecular complexity index is 1900. The molecule has 2 aromatic carbocycles. The van der Waals surface area contributed by atoms with Crippen LogP contribution in [0.1, 0.15) is 32.1 Å². The van der Waals surface area contributed by atoms with Crippen LogP contribution in [-0.2, 0) is 0 Å². The molecule has 45 heavy (non-hydrogen) atoms. The molecule has 0 saturated carbocycles. The van der Waals surface area contributed by atoms with Gasteiger partial charge in [-0.15, -0.1) is 0 Å². The average Bonchev–Trinajstić information content (AvgIpc) is 3.65. The molecule has 2 bridgehead atoms. The van der Waals surface area contributed by atoms with Gasteiger partial charge >= 0.3 is 6.01 Å². The molecule has 234 valence electrons. The highest BCUT2D eigenvalue weighted by atomic mass is 19.2. The number of phenolic OH excluding ortho intramolecular Hbond substituents is 1. The van der Waals surface area contributed by atoms with Crippen molar-refractivity contribution in [2.75, 3.05) is 37.7 Å². The van der Waals surface area contributed by atoms with Crippen molar-refractivity contribution in [1.82, 2.24) is 25.2 Å². The van der Waals surface area contributed by atoms with Gasteiger partial charge in [0, 0.05) is 42.5 Å². The van der Waals surface area contributed by atoms with Crippen LogP contribution in [0.5, 0.6) is 17.6 Å². The van der Waals surface area contributed by atoms with Crippen LogP contribution in [0, 0.1) is 17.5 Å². The Labute approximate surface area is 255 Å². The molecular weight excluding hydrogens is 592 g/mol. The smallest absolute Gasteiger partial charge is 0.319 e. The largest absolute Gasteiger partial charge is 0.508 e. The summed E-state index contributed by atoms with van der Waals surface area (Å²) < 4.78 is 73.5. The summed E-state index contributed by atoms with van der Waals surface area (Å²) in [5, 5.41) is 14.3. The molecule has 9 rings (SSSR count). The van der Waals surface area contributed by atoms with Crippen molar-refractivity contribution in [3.63, 3.8) is 0 Å². The monoisotopic (exact) mass is 622 g/mol. The Morgan fingerprint density at radius 2 is 1.96 bits per heavy atom. The van der Waals surface area contributed by atoms with Crippen molar-refractivity contribution >= 4 is 27.5 Å². The Morgan fingerprint density at radius 1 is 1.07 bits per heavy atom. The highest BCUT2D eigenvalue weighted by Crippen LogP contribution is 2.45. The number of aromatic nitrogens is 3. The highest BCUT2D eigenvalue weighted by Gasteiger charge is 2.50. The third-order valence-corrected chi connectivity index (χ3v) is 10.4. The molecule has 2 N–H and O–H groups in total. The Balaban J connectivity index is 1.24. The molecule has 5 atom stereocenters. The van der Waals surface area contributed by atoms with Gasteiger partial charge in [-0.3, -0.25) is 4.90 Å². The molecule has 0 radical (unpaired) electrons. The minimum absolute atomic E-state index is 0.0538. The molecule has 0 amide bonds. The van der Waals surface area contributed by atoms with Crippen molar-refractivity contribution < 1.29 is 32.1 Å². The standard InChI is InChI=1S/C32H30F4N6O3/c33-16-10-32(6-1-7-41(32)11-16)14-45-31-39-28-24-29(40-31)42-12-17-3-5-21(37-17)22(42)13-44-30(24)38-27(26(28)36)19-9-18(43)8-15-2-4-20(34)25(35)23(15)19/h2,4,8-9,16-17,21-22,37,43H,1,3,5-7,10-14H2/t16-,17+,21-,22+,32-/m0/s1. The number of benzene rings is 2. The fourth-order valence-electron chi connectivity index (χ4n) is 8.38. The normalized spacial score (nSPS) is 28.8. The molecule has 7 heterocycles. The lowest BCUT2D eigenvalue weighted by atomic mass is 9.95. The predicted molar refractivity (Wildman–Crippen MR) is 157 cm³/mol. The van der Waals surface area contributed by atoms with Gasteiger partial charge in [-0.25, -0.2) is 22.5 Å². The van der Waals surface area contributed by atoms with Crippen molar-refractivity contribution in [1.29, 1.82) is 0 Å². The van der Waals surface area contributed by atoms with Crippen LogP contribution in [0.25, 0.3) is 32.9 Å². The van der Waals surface area contributed by atoms with Gasteiger partial charge in [-0.1, -0.05) is 6.07 Å². The topological polar surface area (TPSA) is 95.9 Å². The summed E-state index contributed by atoms with van der Waals surface area (Å²) >= 11 is 0. The van der Waals surface area contributed by atoms with E-state index in [2.05, 4.69) is 25.1 Å². The Hall–Kier alpha value is -3.97. The molecule has 2 aromatic heterocycles. The summed E-state index contributed by atoms with van der Waals surface area (Å²) in [4.78, 5) is 18.1. The van der Waals surface area contributed by atoms with Crippen LogP contribution < -0.4 is 19.7 Å². The van der Waals surface area contributed by atoms with E-state index in [1.54, 1.807) is 0 Å². The zero-order chi connectivity index (χ0) is 30.6. The van der Waals surface area contributed by atoms with Crippen LogP contribution in [0.15, 0.2) is 24.3 Å². The van der Waals surface area contributed by atoms with Gasteiger partial charge in [0.2, 0.25) is 5.88 Å². The number of anilines is 1. The molecule has 9 nitrogen and oxygen atoms in total. The number of phenols is 1. The number of piperazine rings is 1. The quantitative estimate of drug-likeness (QED) is 0.316. The van der Waals surface area contributed by atoms with Gasteiger partial charge in [0.25, 0.3) is 0 Å². The summed E-state index contributed by atoms with van der Waals surface area (Å²) in [5.41, 5.74) is -1.12. The van der Waals surface area contributed by atoms with Crippen LogP contribution in [0.2, 0.25) is 0 Å². The van der Waals surface area contributed by atoms with Crippen LogP contribution in [0.3, 0.4) is 0 Å². The fourth-order valence-corrected chi connectivity index (χ4v) is 8.38. The molecule has 0 spiro atoms. The third kappa shape index (κ3) is 4.09. The first kappa shape index (κ1) is 27.3. The number of halogens is 4. The summed E-state index contributed by atoms with van der Waals surface area (Å²) in [6, 6.07) is 4.83. The number of fused-ring (bicyclic) bond motifs is 7. The minimum atomic E-state index is -1.19. The molecule has 4 aromatic rings. The molecule has 4 saturated heterocycles. The Morgan fingerprint density at radius 3 is 2.84 bits per heavy atom. The van der Waals surface area contributed by atoms with Gasteiger partial charge < -0.3 is 24.8 Å². The molecule has 0 unspecified atom stereocenters. The number of nitrogens with one attached hydrogen (secondary N) is 1. The second-order valence-corrected chi connectivity index (χ2v) is 13.0. The van der Waals surface area contributed by atoms with Crippen molar-refractivity contribution in [2.24, 2.45) is 0 Å². The molecule has 0 aliphatic carbocycles. The number of hydrogen-bond acceptors (Lipinski definition) is 9. The lowest BCUT2D eigenvalue weighted by Gasteiger charge is -2.40. The third-order valence-electron chi connectivity index (χ3n) is 10.4. The maximum absolute atomic E-state index is 16.8. The van der Waals surface area contributed by atoms with E-state index in [-0.39, 0.29) is 81.9 Å². The molecule has 5 aliphatic rings. The Kier molecular flexibility index (Phi) is 5.93. The molecular formula is C32H30F4N6O3. The minimum Gasteiger partial charge on any atom is -0.508 e. The second-order valence-electron chi connectivity index (χ2n) is 13.0. The number of nitrogens with zero attached hydrogens (tertiary/aromatic N) is 5. The van der Waals surface area contributed by atoms with Gasteiger partial charge in [0.1, 0.15) is 47.5 Å². The van der Waals surface area contributed by atoms with Gasteiger partial charge in [0.05, 0.1) is 11.6 Å². The van der Waals surface area contributed by atoms with E-state index in [1.807, 2.05) is 0 Å². The van der Waals surface area contributed by atoms with E-state index in [9.17, 15) is 13.9 Å². The van der Waals surface area contributed by atoms with Crippen LogP contribution in [0.4, 0.5) is 23.4 Å². The summed E-state index contributed by atoms with van der Waals surface area (Å²) in [7, 11) is 0. The van der Waals surface area contributed by atoms with E-state index in [0.717, 1.165) is 44.4 Å². The van der Waals surface area contributed by atoms with E-state index in [1.165, 1.54) is 12.1 Å². The number of aromatic hydroxyl groups is 1.